The molecule has 8 fully saturated rings. The van der Waals surface area contributed by atoms with Crippen molar-refractivity contribution in [1.82, 2.24) is 5.06 Å². The van der Waals surface area contributed by atoms with Crippen LogP contribution in [0, 0.1) is 29.6 Å². The molecule has 9 heterocycles. The van der Waals surface area contributed by atoms with Gasteiger partial charge in [0.05, 0.1) is 57.1 Å². The van der Waals surface area contributed by atoms with E-state index >= 15 is 0 Å². The molecule has 8 bridgehead atoms. The van der Waals surface area contributed by atoms with E-state index in [1.54, 1.807) is 7.11 Å². The van der Waals surface area contributed by atoms with Gasteiger partial charge in [0.25, 0.3) is 11.8 Å². The Hall–Kier alpha value is -3.23. The number of carbonyl (C=O) groups is 2. The third-order valence-corrected chi connectivity index (χ3v) is 14.8. The lowest BCUT2D eigenvalue weighted by molar-refractivity contribution is -0.139. The molecule has 1 unspecified atom stereocenters. The summed E-state index contributed by atoms with van der Waals surface area (Å²) >= 11 is 0. The first kappa shape index (κ1) is 31.3. The van der Waals surface area contributed by atoms with Gasteiger partial charge in [-0.25, -0.2) is 0 Å². The van der Waals surface area contributed by atoms with E-state index in [9.17, 15) is 14.7 Å². The molecule has 51 heavy (non-hydrogen) atoms. The number of hydrogen-bond donors (Lipinski definition) is 1. The van der Waals surface area contributed by atoms with E-state index < -0.39 is 22.2 Å². The molecule has 13 rings (SSSR count). The predicted molar refractivity (Wildman–Crippen MR) is 182 cm³/mol. The van der Waals surface area contributed by atoms with Crippen LogP contribution in [0.25, 0.3) is 0 Å². The van der Waals surface area contributed by atoms with Crippen molar-refractivity contribution in [2.75, 3.05) is 37.6 Å². The van der Waals surface area contributed by atoms with Gasteiger partial charge in [-0.3, -0.25) is 29.1 Å². The van der Waals surface area contributed by atoms with Gasteiger partial charge in [0.15, 0.2) is 5.72 Å². The first-order valence-electron chi connectivity index (χ1n) is 18.6. The highest BCUT2D eigenvalue weighted by atomic mass is 16.9. The number of anilines is 2. The zero-order chi connectivity index (χ0) is 34.8. The van der Waals surface area contributed by atoms with Crippen LogP contribution >= 0.6 is 0 Å². The largest absolute Gasteiger partial charge is 0.384 e. The summed E-state index contributed by atoms with van der Waals surface area (Å²) in [5, 5.41) is 17.5. The second-order valence-corrected chi connectivity index (χ2v) is 16.8. The lowest BCUT2D eigenvalue weighted by Crippen LogP contribution is -2.54. The zero-order valence-corrected chi connectivity index (χ0v) is 29.4. The molecule has 2 aromatic rings. The Bertz CT molecular complexity index is 1920. The van der Waals surface area contributed by atoms with Crippen molar-refractivity contribution < 1.29 is 38.7 Å². The van der Waals surface area contributed by atoms with E-state index in [-0.39, 0.29) is 65.7 Å². The minimum atomic E-state index is -1.17. The number of fused-ring (bicyclic) bond motifs is 5. The van der Waals surface area contributed by atoms with Crippen LogP contribution in [0.1, 0.15) is 57.1 Å². The van der Waals surface area contributed by atoms with Crippen LogP contribution in [-0.4, -0.2) is 90.7 Å². The molecule has 11 aliphatic rings. The maximum atomic E-state index is 14.2. The van der Waals surface area contributed by atoms with Crippen molar-refractivity contribution in [2.45, 2.75) is 92.4 Å². The van der Waals surface area contributed by atoms with Crippen LogP contribution < -0.4 is 10.1 Å². The number of amides is 2. The molecule has 0 aromatic heterocycles. The van der Waals surface area contributed by atoms with E-state index in [4.69, 9.17) is 29.0 Å². The van der Waals surface area contributed by atoms with Gasteiger partial charge >= 0.3 is 0 Å². The normalized spacial score (nSPS) is 45.1. The van der Waals surface area contributed by atoms with E-state index in [1.807, 2.05) is 55.5 Å². The molecule has 2 spiro atoms. The second-order valence-electron chi connectivity index (χ2n) is 16.8. The molecular weight excluding hydrogens is 652 g/mol. The number of aliphatic imine (C=N–C) groups is 1. The molecule has 2 aromatic carbocycles. The van der Waals surface area contributed by atoms with Crippen molar-refractivity contribution in [3.8, 4) is 0 Å². The van der Waals surface area contributed by atoms with Crippen molar-refractivity contribution >= 4 is 28.9 Å². The van der Waals surface area contributed by atoms with Crippen molar-refractivity contribution in [3.63, 3.8) is 0 Å². The van der Waals surface area contributed by atoms with E-state index in [2.05, 4.69) is 12.0 Å². The van der Waals surface area contributed by atoms with Gasteiger partial charge < -0.3 is 14.6 Å². The number of benzene rings is 2. The topological polar surface area (TPSA) is 126 Å². The molecule has 2 saturated carbocycles. The minimum absolute atomic E-state index is 0.0106. The van der Waals surface area contributed by atoms with Crippen molar-refractivity contribution in [2.24, 2.45) is 34.6 Å². The molecule has 2 aliphatic carbocycles. The lowest BCUT2D eigenvalue weighted by atomic mass is 9.68. The fourth-order valence-corrected chi connectivity index (χ4v) is 12.8. The second kappa shape index (κ2) is 10.0. The fourth-order valence-electron chi connectivity index (χ4n) is 12.8. The standard InChI is InChI=1S/C39H44N4O8/c1-20(39-26-14-32-38(17-30(43(39)51-39)23(26)19-50-32)25-10-6-8-12-29(25)42(48-4)35(38)45)15-36(2,46)33-21-13-31-37(16-27(40-33)22(21)18-49-31)24-9-5-7-11-28(24)41(47-3)34(37)44/h5-12,20-23,26-27,30-32,46H,13-19H2,1-4H3/t20-,21-,22+,23+,26-,27+,30+,31-,32-,36-,37+,38+,39+,43?/m1/s1. The van der Waals surface area contributed by atoms with Crippen LogP contribution in [0.3, 0.4) is 0 Å². The van der Waals surface area contributed by atoms with Gasteiger partial charge in [-0.1, -0.05) is 43.3 Å². The van der Waals surface area contributed by atoms with Gasteiger partial charge in [0, 0.05) is 41.3 Å². The van der Waals surface area contributed by atoms with Crippen LogP contribution in [-0.2, 0) is 44.4 Å². The number of nitrogens with zero attached hydrogens (tertiary/aromatic N) is 4. The maximum Gasteiger partial charge on any atom is 0.264 e. The number of aliphatic hydroxyl groups is 1. The number of para-hydroxylation sites is 2. The summed E-state index contributed by atoms with van der Waals surface area (Å²) in [5.74, 6) is 0.360. The van der Waals surface area contributed by atoms with Crippen LogP contribution in [0.2, 0.25) is 0 Å². The summed E-state index contributed by atoms with van der Waals surface area (Å²) in [5.41, 5.74) is 0.926. The third kappa shape index (κ3) is 3.54. The molecule has 2 amide bonds. The van der Waals surface area contributed by atoms with E-state index in [1.165, 1.54) is 17.2 Å². The molecule has 9 aliphatic heterocycles. The molecule has 6 saturated heterocycles. The number of hydrogen-bond acceptors (Lipinski definition) is 10. The van der Waals surface area contributed by atoms with E-state index in [0.717, 1.165) is 28.2 Å². The minimum Gasteiger partial charge on any atom is -0.384 e. The summed E-state index contributed by atoms with van der Waals surface area (Å²) < 4.78 is 13.1. The molecule has 12 nitrogen and oxygen atoms in total. The predicted octanol–water partition coefficient (Wildman–Crippen LogP) is 3.45. The average Bonchev–Trinajstić information content (AvgIpc) is 3.68. The molecule has 12 heteroatoms. The van der Waals surface area contributed by atoms with Gasteiger partial charge in [0.1, 0.15) is 16.4 Å². The molecule has 1 N–H and O–H groups in total. The highest BCUT2D eigenvalue weighted by Gasteiger charge is 2.80. The summed E-state index contributed by atoms with van der Waals surface area (Å²) in [4.78, 5) is 51.5. The highest BCUT2D eigenvalue weighted by molar-refractivity contribution is 6.08. The Labute approximate surface area is 296 Å². The van der Waals surface area contributed by atoms with Gasteiger partial charge in [-0.2, -0.15) is 10.1 Å². The molecule has 0 radical (unpaired) electrons. The SMILES string of the molecule is CON1C(=O)[C@@]2(C[C@@H]3N=C([C@](C)(O)C[C@@H](C)[C@@]45ON4[C@H]4C[C@@]6(C(=O)N(OC)c7ccccc76)[C@H]6C[C@@H]5[C@@H]4CO6)[C@@H]4C[C@H]2OC[C@H]34)c2ccccc21. The Kier molecular flexibility index (Phi) is 6.17. The van der Waals surface area contributed by atoms with Crippen LogP contribution in [0.4, 0.5) is 11.4 Å². The summed E-state index contributed by atoms with van der Waals surface area (Å²) in [6.07, 6.45) is 2.30. The first-order valence-corrected chi connectivity index (χ1v) is 18.6. The number of carbonyl (C=O) groups excluding carboxylic acids is 2. The number of hydroxylamine groups is 4. The van der Waals surface area contributed by atoms with Gasteiger partial charge in [-0.15, -0.1) is 5.06 Å². The third-order valence-electron chi connectivity index (χ3n) is 14.8. The molecule has 14 atom stereocenters. The molecular formula is C39H44N4O8. The maximum absolute atomic E-state index is 14.2. The number of ether oxygens (including phenoxy) is 2. The van der Waals surface area contributed by atoms with Crippen LogP contribution in [0.15, 0.2) is 53.5 Å². The van der Waals surface area contributed by atoms with E-state index in [0.29, 0.717) is 45.3 Å². The summed E-state index contributed by atoms with van der Waals surface area (Å²) in [6.45, 7) is 5.21. The fraction of sp³-hybridized carbons (Fsp3) is 0.615. The summed E-state index contributed by atoms with van der Waals surface area (Å²) in [6, 6.07) is 15.7. The van der Waals surface area contributed by atoms with Crippen LogP contribution in [0.5, 0.6) is 0 Å². The smallest absolute Gasteiger partial charge is 0.264 e. The quantitative estimate of drug-likeness (QED) is 0.453. The Morgan fingerprint density at radius 1 is 0.902 bits per heavy atom. The summed E-state index contributed by atoms with van der Waals surface area (Å²) in [7, 11) is 3.08. The number of rotatable bonds is 6. The first-order chi connectivity index (χ1) is 24.6. The Morgan fingerprint density at radius 2 is 1.49 bits per heavy atom. The zero-order valence-electron chi connectivity index (χ0n) is 29.4. The van der Waals surface area contributed by atoms with Crippen molar-refractivity contribution in [3.05, 3.63) is 59.7 Å². The lowest BCUT2D eigenvalue weighted by Gasteiger charge is -2.42. The average molecular weight is 697 g/mol. The Morgan fingerprint density at radius 3 is 2.14 bits per heavy atom. The van der Waals surface area contributed by atoms with Gasteiger partial charge in [0.2, 0.25) is 0 Å². The highest BCUT2D eigenvalue weighted by Crippen LogP contribution is 2.69. The van der Waals surface area contributed by atoms with Gasteiger partial charge in [-0.05, 0) is 62.3 Å². The van der Waals surface area contributed by atoms with Crippen molar-refractivity contribution in [1.29, 1.82) is 0 Å². The Balaban J connectivity index is 0.881. The monoisotopic (exact) mass is 696 g/mol. The molecule has 268 valence electrons.